The van der Waals surface area contributed by atoms with Gasteiger partial charge in [-0.25, -0.2) is 0 Å². The van der Waals surface area contributed by atoms with Gasteiger partial charge in [-0.05, 0) is 62.2 Å². The summed E-state index contributed by atoms with van der Waals surface area (Å²) in [6.07, 6.45) is 1.05. The third kappa shape index (κ3) is 4.55. The van der Waals surface area contributed by atoms with Crippen LogP contribution in [0.2, 0.25) is 0 Å². The maximum atomic E-state index is 12.2. The van der Waals surface area contributed by atoms with Gasteiger partial charge in [0.1, 0.15) is 23.4 Å². The van der Waals surface area contributed by atoms with E-state index in [9.17, 15) is 4.79 Å². The Kier molecular flexibility index (Phi) is 5.78. The molecule has 1 fully saturated rings. The Labute approximate surface area is 154 Å². The summed E-state index contributed by atoms with van der Waals surface area (Å²) in [5, 5.41) is 0. The Balaban J connectivity index is 1.68. The largest absolute Gasteiger partial charge is 0.488 e. The highest BCUT2D eigenvalue weighted by atomic mass is 16.5. The first-order valence-electron chi connectivity index (χ1n) is 8.89. The van der Waals surface area contributed by atoms with Gasteiger partial charge in [0.25, 0.3) is 5.91 Å². The van der Waals surface area contributed by atoms with Crippen LogP contribution in [0.1, 0.15) is 29.3 Å². The number of ether oxygens (including phenoxy) is 3. The molecule has 1 aliphatic heterocycles. The Morgan fingerprint density at radius 2 is 1.77 bits per heavy atom. The highest BCUT2D eigenvalue weighted by Crippen LogP contribution is 2.28. The molecular formula is C21H25NO4. The molecule has 0 spiro atoms. The van der Waals surface area contributed by atoms with Crippen LogP contribution in [0.5, 0.6) is 17.2 Å². The van der Waals surface area contributed by atoms with Gasteiger partial charge in [-0.2, -0.15) is 0 Å². The van der Waals surface area contributed by atoms with Crippen LogP contribution in [0.4, 0.5) is 0 Å². The molecule has 2 aromatic carbocycles. The fourth-order valence-electron chi connectivity index (χ4n) is 2.85. The molecule has 26 heavy (non-hydrogen) atoms. The molecule has 138 valence electrons. The van der Waals surface area contributed by atoms with Crippen LogP contribution >= 0.6 is 0 Å². The molecule has 0 N–H and O–H groups in total. The number of carbonyl (C=O) groups excluding carboxylic acids is 1. The number of rotatable bonds is 7. The van der Waals surface area contributed by atoms with Crippen molar-refractivity contribution in [1.29, 1.82) is 0 Å². The monoisotopic (exact) mass is 355 g/mol. The van der Waals surface area contributed by atoms with E-state index in [2.05, 4.69) is 0 Å². The van der Waals surface area contributed by atoms with Crippen molar-refractivity contribution in [3.05, 3.63) is 53.6 Å². The van der Waals surface area contributed by atoms with Crippen LogP contribution in [0.15, 0.2) is 42.5 Å². The number of hydrogen-bond acceptors (Lipinski definition) is 4. The van der Waals surface area contributed by atoms with Gasteiger partial charge in [0, 0.05) is 31.8 Å². The summed E-state index contributed by atoms with van der Waals surface area (Å²) in [5.74, 6) is 2.22. The highest BCUT2D eigenvalue weighted by molar-refractivity contribution is 5.94. The number of amides is 1. The minimum atomic E-state index is -0.0403. The van der Waals surface area contributed by atoms with E-state index in [-0.39, 0.29) is 12.0 Å². The number of methoxy groups -OCH3 is 1. The van der Waals surface area contributed by atoms with E-state index in [1.807, 2.05) is 61.2 Å². The van der Waals surface area contributed by atoms with Gasteiger partial charge in [0.05, 0.1) is 6.61 Å². The van der Waals surface area contributed by atoms with Crippen molar-refractivity contribution < 1.29 is 19.0 Å². The summed E-state index contributed by atoms with van der Waals surface area (Å²) in [6, 6.07) is 13.0. The van der Waals surface area contributed by atoms with Crippen molar-refractivity contribution in [2.24, 2.45) is 0 Å². The quantitative estimate of drug-likeness (QED) is 0.752. The lowest BCUT2D eigenvalue weighted by Gasteiger charge is -2.30. The molecule has 1 saturated heterocycles. The summed E-state index contributed by atoms with van der Waals surface area (Å²) in [6.45, 7) is 6.18. The minimum Gasteiger partial charge on any atom is -0.488 e. The van der Waals surface area contributed by atoms with Crippen molar-refractivity contribution in [2.75, 3.05) is 26.8 Å². The lowest BCUT2D eigenvalue weighted by molar-refractivity contribution is 0.0652. The number of likely N-dealkylation sites (tertiary alicyclic amines) is 1. The molecule has 2 aromatic rings. The molecule has 5 nitrogen and oxygen atoms in total. The van der Waals surface area contributed by atoms with Crippen LogP contribution in [0.25, 0.3) is 0 Å². The third-order valence-electron chi connectivity index (χ3n) is 4.24. The van der Waals surface area contributed by atoms with E-state index >= 15 is 0 Å². The third-order valence-corrected chi connectivity index (χ3v) is 4.24. The van der Waals surface area contributed by atoms with Gasteiger partial charge in [0.2, 0.25) is 0 Å². The Morgan fingerprint density at radius 1 is 1.08 bits per heavy atom. The maximum absolute atomic E-state index is 12.2. The lowest BCUT2D eigenvalue weighted by Crippen LogP contribution is -2.41. The van der Waals surface area contributed by atoms with Crippen LogP contribution in [-0.4, -0.2) is 43.7 Å². The summed E-state index contributed by atoms with van der Waals surface area (Å²) in [7, 11) is 1.65. The van der Waals surface area contributed by atoms with Crippen LogP contribution in [-0.2, 0) is 4.74 Å². The molecule has 5 heteroatoms. The molecule has 3 rings (SSSR count). The van der Waals surface area contributed by atoms with Crippen molar-refractivity contribution in [2.45, 2.75) is 26.4 Å². The molecule has 1 heterocycles. The summed E-state index contributed by atoms with van der Waals surface area (Å²) < 4.78 is 16.9. The van der Waals surface area contributed by atoms with Gasteiger partial charge in [0.15, 0.2) is 0 Å². The molecule has 1 aliphatic rings. The van der Waals surface area contributed by atoms with Crippen molar-refractivity contribution in [3.8, 4) is 17.2 Å². The molecule has 0 saturated carbocycles. The summed E-state index contributed by atoms with van der Waals surface area (Å²) in [4.78, 5) is 14.0. The second kappa shape index (κ2) is 8.23. The zero-order valence-electron chi connectivity index (χ0n) is 15.5. The van der Waals surface area contributed by atoms with Crippen LogP contribution in [0, 0.1) is 6.92 Å². The predicted octanol–water partition coefficient (Wildman–Crippen LogP) is 4.05. The first-order valence-corrected chi connectivity index (χ1v) is 8.89. The zero-order chi connectivity index (χ0) is 18.5. The molecule has 0 aromatic heterocycles. The number of nitrogens with zero attached hydrogens (tertiary/aromatic N) is 1. The first kappa shape index (κ1) is 18.3. The number of aryl methyl sites for hydroxylation is 1. The second-order valence-electron chi connectivity index (χ2n) is 6.64. The van der Waals surface area contributed by atoms with E-state index < -0.39 is 0 Å². The first-order chi connectivity index (χ1) is 12.5. The smallest absolute Gasteiger partial charge is 0.253 e. The van der Waals surface area contributed by atoms with E-state index in [1.54, 1.807) is 7.11 Å². The second-order valence-corrected chi connectivity index (χ2v) is 6.64. The Hall–Kier alpha value is -2.53. The molecular weight excluding hydrogens is 330 g/mol. The maximum Gasteiger partial charge on any atom is 0.253 e. The minimum absolute atomic E-state index is 0.0403. The lowest BCUT2D eigenvalue weighted by atomic mass is 10.1. The highest BCUT2D eigenvalue weighted by Gasteiger charge is 2.21. The standard InChI is InChI=1S/C21H25NO4/c1-15-11-19(25-16(2)14-24-3)13-20(12-15)26-18-7-5-17(6-8-18)21(23)22-9-4-10-22/h5-8,11-13,16H,4,9-10,14H2,1-3H3. The van der Waals surface area contributed by atoms with Gasteiger partial charge in [-0.15, -0.1) is 0 Å². The van der Waals surface area contributed by atoms with E-state index in [4.69, 9.17) is 14.2 Å². The number of hydrogen-bond donors (Lipinski definition) is 0. The van der Waals surface area contributed by atoms with Crippen molar-refractivity contribution in [3.63, 3.8) is 0 Å². The Morgan fingerprint density at radius 3 is 2.38 bits per heavy atom. The van der Waals surface area contributed by atoms with Gasteiger partial charge in [-0.1, -0.05) is 0 Å². The molecule has 0 bridgehead atoms. The van der Waals surface area contributed by atoms with Crippen LogP contribution < -0.4 is 9.47 Å². The van der Waals surface area contributed by atoms with Crippen molar-refractivity contribution >= 4 is 5.91 Å². The van der Waals surface area contributed by atoms with Gasteiger partial charge < -0.3 is 19.1 Å². The molecule has 0 radical (unpaired) electrons. The van der Waals surface area contributed by atoms with E-state index in [0.29, 0.717) is 23.7 Å². The topological polar surface area (TPSA) is 48.0 Å². The fraction of sp³-hybridized carbons (Fsp3) is 0.381. The SMILES string of the molecule is COCC(C)Oc1cc(C)cc(Oc2ccc(C(=O)N3CCC3)cc2)c1. The average Bonchev–Trinajstić information content (AvgIpc) is 2.53. The normalized spacial score (nSPS) is 14.5. The zero-order valence-corrected chi connectivity index (χ0v) is 15.5. The Bertz CT molecular complexity index is 753. The predicted molar refractivity (Wildman–Crippen MR) is 100 cm³/mol. The molecule has 0 aliphatic carbocycles. The summed E-state index contributed by atoms with van der Waals surface area (Å²) >= 11 is 0. The van der Waals surface area contributed by atoms with E-state index in [1.165, 1.54) is 0 Å². The number of carbonyl (C=O) groups is 1. The molecule has 1 unspecified atom stereocenters. The fourth-order valence-corrected chi connectivity index (χ4v) is 2.85. The molecule has 1 atom stereocenters. The van der Waals surface area contributed by atoms with E-state index in [0.717, 1.165) is 30.8 Å². The average molecular weight is 355 g/mol. The number of benzene rings is 2. The summed E-state index contributed by atoms with van der Waals surface area (Å²) in [5.41, 5.74) is 1.74. The molecule has 1 amide bonds. The van der Waals surface area contributed by atoms with Gasteiger partial charge in [-0.3, -0.25) is 4.79 Å². The van der Waals surface area contributed by atoms with Crippen LogP contribution in [0.3, 0.4) is 0 Å². The van der Waals surface area contributed by atoms with Gasteiger partial charge >= 0.3 is 0 Å². The van der Waals surface area contributed by atoms with Crippen molar-refractivity contribution in [1.82, 2.24) is 4.90 Å².